The Bertz CT molecular complexity index is 591. The minimum Gasteiger partial charge on any atom is -0.378 e. The summed E-state index contributed by atoms with van der Waals surface area (Å²) in [6, 6.07) is 8.04. The summed E-state index contributed by atoms with van der Waals surface area (Å²) in [6.07, 6.45) is 6.49. The molecule has 0 bridgehead atoms. The smallest absolute Gasteiger partial charge is 0.228 e. The molecule has 5 heteroatoms. The summed E-state index contributed by atoms with van der Waals surface area (Å²) in [7, 11) is 3.96. The van der Waals surface area contributed by atoms with Gasteiger partial charge in [-0.3, -0.25) is 9.59 Å². The van der Waals surface area contributed by atoms with Gasteiger partial charge in [0.25, 0.3) is 0 Å². The minimum absolute atomic E-state index is 0.0450. The first-order valence-electron chi connectivity index (χ1n) is 8.93. The van der Waals surface area contributed by atoms with Crippen LogP contribution in [0.1, 0.15) is 38.5 Å². The molecule has 2 N–H and O–H groups in total. The van der Waals surface area contributed by atoms with Crippen molar-refractivity contribution in [3.8, 4) is 0 Å². The third-order valence-electron chi connectivity index (χ3n) is 5.07. The summed E-state index contributed by atoms with van der Waals surface area (Å²) in [6.45, 7) is 0. The van der Waals surface area contributed by atoms with E-state index in [1.165, 1.54) is 19.3 Å². The van der Waals surface area contributed by atoms with Crippen LogP contribution in [0.3, 0.4) is 0 Å². The van der Waals surface area contributed by atoms with Crippen LogP contribution in [0.2, 0.25) is 0 Å². The number of benzene rings is 1. The van der Waals surface area contributed by atoms with Crippen molar-refractivity contribution in [3.05, 3.63) is 24.3 Å². The van der Waals surface area contributed by atoms with E-state index < -0.39 is 0 Å². The zero-order valence-corrected chi connectivity index (χ0v) is 14.5. The van der Waals surface area contributed by atoms with Gasteiger partial charge >= 0.3 is 0 Å². The highest BCUT2D eigenvalue weighted by molar-refractivity contribution is 5.99. The van der Waals surface area contributed by atoms with Gasteiger partial charge in [0, 0.05) is 31.5 Å². The molecule has 1 aromatic carbocycles. The molecule has 130 valence electrons. The first kappa shape index (κ1) is 16.8. The van der Waals surface area contributed by atoms with Crippen LogP contribution in [0.4, 0.5) is 11.4 Å². The molecule has 0 saturated heterocycles. The summed E-state index contributed by atoms with van der Waals surface area (Å²) in [5, 5.41) is 6.05. The molecule has 2 fully saturated rings. The van der Waals surface area contributed by atoms with E-state index in [1.54, 1.807) is 0 Å². The van der Waals surface area contributed by atoms with Crippen LogP contribution in [0.15, 0.2) is 24.3 Å². The Kier molecular flexibility index (Phi) is 5.07. The average Bonchev–Trinajstić information content (AvgIpc) is 3.37. The molecular weight excluding hydrogens is 302 g/mol. The van der Waals surface area contributed by atoms with Gasteiger partial charge in [0.1, 0.15) is 0 Å². The van der Waals surface area contributed by atoms with Gasteiger partial charge in [0.05, 0.1) is 11.8 Å². The van der Waals surface area contributed by atoms with Gasteiger partial charge in [-0.1, -0.05) is 19.3 Å². The maximum Gasteiger partial charge on any atom is 0.228 e. The molecule has 2 atom stereocenters. The highest BCUT2D eigenvalue weighted by atomic mass is 16.2. The molecular formula is C19H27N3O2. The number of amides is 2. The summed E-state index contributed by atoms with van der Waals surface area (Å²) < 4.78 is 0. The molecule has 2 saturated carbocycles. The molecule has 0 spiro atoms. The second-order valence-corrected chi connectivity index (χ2v) is 7.22. The average molecular weight is 329 g/mol. The Balaban J connectivity index is 1.47. The van der Waals surface area contributed by atoms with E-state index in [4.69, 9.17) is 0 Å². The Morgan fingerprint density at radius 1 is 0.958 bits per heavy atom. The first-order chi connectivity index (χ1) is 11.5. The third-order valence-corrected chi connectivity index (χ3v) is 5.07. The molecule has 2 amide bonds. The van der Waals surface area contributed by atoms with Crippen LogP contribution in [-0.2, 0) is 9.59 Å². The van der Waals surface area contributed by atoms with Gasteiger partial charge in [0.15, 0.2) is 0 Å². The van der Waals surface area contributed by atoms with Gasteiger partial charge < -0.3 is 15.5 Å². The second-order valence-electron chi connectivity index (χ2n) is 7.22. The summed E-state index contributed by atoms with van der Waals surface area (Å²) >= 11 is 0. The Morgan fingerprint density at radius 3 is 2.21 bits per heavy atom. The second kappa shape index (κ2) is 7.24. The molecule has 1 aromatic rings. The fourth-order valence-corrected chi connectivity index (χ4v) is 3.41. The van der Waals surface area contributed by atoms with E-state index in [-0.39, 0.29) is 23.7 Å². The van der Waals surface area contributed by atoms with E-state index in [2.05, 4.69) is 10.6 Å². The van der Waals surface area contributed by atoms with Crippen molar-refractivity contribution in [1.82, 2.24) is 5.32 Å². The lowest BCUT2D eigenvalue weighted by molar-refractivity contribution is -0.126. The fourth-order valence-electron chi connectivity index (χ4n) is 3.41. The number of nitrogens with one attached hydrogen (secondary N) is 2. The zero-order valence-electron chi connectivity index (χ0n) is 14.5. The molecule has 2 unspecified atom stereocenters. The molecule has 0 radical (unpaired) electrons. The Labute approximate surface area is 143 Å². The highest BCUT2D eigenvalue weighted by Crippen LogP contribution is 2.40. The predicted molar refractivity (Wildman–Crippen MR) is 96.0 cm³/mol. The number of rotatable bonds is 5. The Hall–Kier alpha value is -2.04. The van der Waals surface area contributed by atoms with Crippen LogP contribution >= 0.6 is 0 Å². The molecule has 5 nitrogen and oxygen atoms in total. The van der Waals surface area contributed by atoms with Crippen molar-refractivity contribution in [2.75, 3.05) is 24.3 Å². The van der Waals surface area contributed by atoms with Crippen molar-refractivity contribution in [2.24, 2.45) is 11.8 Å². The predicted octanol–water partition coefficient (Wildman–Crippen LogP) is 2.78. The summed E-state index contributed by atoms with van der Waals surface area (Å²) in [4.78, 5) is 26.6. The largest absolute Gasteiger partial charge is 0.378 e. The maximum atomic E-state index is 12.3. The molecule has 3 rings (SSSR count). The first-order valence-corrected chi connectivity index (χ1v) is 8.93. The SMILES string of the molecule is CN(C)c1ccc(NC(=O)C2CC2C(=O)NC2CCCCC2)cc1. The molecule has 0 heterocycles. The van der Waals surface area contributed by atoms with E-state index in [0.717, 1.165) is 24.2 Å². The van der Waals surface area contributed by atoms with Crippen LogP contribution in [0.25, 0.3) is 0 Å². The lowest BCUT2D eigenvalue weighted by Gasteiger charge is -2.22. The lowest BCUT2D eigenvalue weighted by atomic mass is 9.95. The van der Waals surface area contributed by atoms with Gasteiger partial charge in [-0.05, 0) is 43.5 Å². The van der Waals surface area contributed by atoms with Crippen molar-refractivity contribution in [1.29, 1.82) is 0 Å². The summed E-state index contributed by atoms with van der Waals surface area (Å²) in [5.74, 6) is -0.309. The number of carbonyl (C=O) groups excluding carboxylic acids is 2. The van der Waals surface area contributed by atoms with Crippen LogP contribution < -0.4 is 15.5 Å². The van der Waals surface area contributed by atoms with Gasteiger partial charge in [-0.15, -0.1) is 0 Å². The van der Waals surface area contributed by atoms with Gasteiger partial charge in [-0.2, -0.15) is 0 Å². The minimum atomic E-state index is -0.179. The van der Waals surface area contributed by atoms with E-state index in [9.17, 15) is 9.59 Å². The zero-order chi connectivity index (χ0) is 17.1. The molecule has 0 aromatic heterocycles. The third kappa shape index (κ3) is 4.08. The van der Waals surface area contributed by atoms with Crippen LogP contribution in [-0.4, -0.2) is 32.0 Å². The molecule has 2 aliphatic rings. The van der Waals surface area contributed by atoms with Gasteiger partial charge in [0.2, 0.25) is 11.8 Å². The summed E-state index contributed by atoms with van der Waals surface area (Å²) in [5.41, 5.74) is 1.87. The van der Waals surface area contributed by atoms with E-state index in [0.29, 0.717) is 12.5 Å². The normalized spacial score (nSPS) is 23.4. The fraction of sp³-hybridized carbons (Fsp3) is 0.579. The van der Waals surface area contributed by atoms with Crippen LogP contribution in [0.5, 0.6) is 0 Å². The number of carbonyl (C=O) groups is 2. The standard InChI is InChI=1S/C19H27N3O2/c1-22(2)15-10-8-14(9-11-15)21-19(24)17-12-16(17)18(23)20-13-6-4-3-5-7-13/h8-11,13,16-17H,3-7,12H2,1-2H3,(H,20,23)(H,21,24). The lowest BCUT2D eigenvalue weighted by Crippen LogP contribution is -2.37. The van der Waals surface area contributed by atoms with Crippen molar-refractivity contribution < 1.29 is 9.59 Å². The number of anilines is 2. The van der Waals surface area contributed by atoms with Crippen molar-refractivity contribution in [2.45, 2.75) is 44.6 Å². The highest BCUT2D eigenvalue weighted by Gasteiger charge is 2.48. The maximum absolute atomic E-state index is 12.3. The molecule has 0 aliphatic heterocycles. The number of hydrogen-bond acceptors (Lipinski definition) is 3. The number of hydrogen-bond donors (Lipinski definition) is 2. The quantitative estimate of drug-likeness (QED) is 0.873. The monoisotopic (exact) mass is 329 g/mol. The van der Waals surface area contributed by atoms with Crippen molar-refractivity contribution >= 4 is 23.2 Å². The van der Waals surface area contributed by atoms with E-state index in [1.807, 2.05) is 43.3 Å². The van der Waals surface area contributed by atoms with Crippen LogP contribution in [0, 0.1) is 11.8 Å². The number of nitrogens with zero attached hydrogens (tertiary/aromatic N) is 1. The topological polar surface area (TPSA) is 61.4 Å². The van der Waals surface area contributed by atoms with Crippen molar-refractivity contribution in [3.63, 3.8) is 0 Å². The van der Waals surface area contributed by atoms with E-state index >= 15 is 0 Å². The molecule has 2 aliphatic carbocycles. The Morgan fingerprint density at radius 2 is 1.58 bits per heavy atom. The van der Waals surface area contributed by atoms with Gasteiger partial charge in [-0.25, -0.2) is 0 Å². The molecule has 24 heavy (non-hydrogen) atoms.